The van der Waals surface area contributed by atoms with Crippen LogP contribution in [0.2, 0.25) is 0 Å². The van der Waals surface area contributed by atoms with Crippen molar-refractivity contribution in [1.29, 1.82) is 5.41 Å². The van der Waals surface area contributed by atoms with Gasteiger partial charge in [-0.2, -0.15) is 0 Å². The molecule has 2 heterocycles. The first-order chi connectivity index (χ1) is 7.25. The van der Waals surface area contributed by atoms with Gasteiger partial charge < -0.3 is 10.3 Å². The first kappa shape index (κ1) is 10.2. The minimum absolute atomic E-state index is 0.276. The van der Waals surface area contributed by atoms with E-state index in [1.807, 2.05) is 6.07 Å². The fourth-order valence-electron chi connectivity index (χ4n) is 1.95. The van der Waals surface area contributed by atoms with Gasteiger partial charge in [-0.25, -0.2) is 0 Å². The second-order valence-electron chi connectivity index (χ2n) is 4.00. The smallest absolute Gasteiger partial charge is 0.124 e. The molecule has 1 aromatic rings. The van der Waals surface area contributed by atoms with Crippen LogP contribution < -0.4 is 5.73 Å². The highest BCUT2D eigenvalue weighted by molar-refractivity contribution is 5.79. The molecule has 0 amide bonds. The van der Waals surface area contributed by atoms with Gasteiger partial charge in [0, 0.05) is 18.5 Å². The predicted molar refractivity (Wildman–Crippen MR) is 56.4 cm³/mol. The number of amidine groups is 1. The van der Waals surface area contributed by atoms with E-state index in [2.05, 4.69) is 10.1 Å². The van der Waals surface area contributed by atoms with E-state index in [0.29, 0.717) is 5.84 Å². The molecule has 0 saturated carbocycles. The van der Waals surface area contributed by atoms with Crippen molar-refractivity contribution in [3.05, 3.63) is 18.0 Å². The van der Waals surface area contributed by atoms with Crippen LogP contribution in [-0.2, 0) is 6.54 Å². The summed E-state index contributed by atoms with van der Waals surface area (Å²) in [5, 5.41) is 11.3. The maximum absolute atomic E-state index is 7.38. The Labute approximate surface area is 88.7 Å². The Morgan fingerprint density at radius 3 is 2.87 bits per heavy atom. The lowest BCUT2D eigenvalue weighted by Crippen LogP contribution is -2.37. The van der Waals surface area contributed by atoms with Gasteiger partial charge in [0.15, 0.2) is 0 Å². The Bertz CT molecular complexity index is 314. The van der Waals surface area contributed by atoms with Gasteiger partial charge >= 0.3 is 0 Å². The normalized spacial score (nSPS) is 19.2. The van der Waals surface area contributed by atoms with Crippen LogP contribution in [0.25, 0.3) is 0 Å². The van der Waals surface area contributed by atoms with E-state index < -0.39 is 0 Å². The number of aromatic nitrogens is 1. The highest BCUT2D eigenvalue weighted by atomic mass is 16.5. The average molecular weight is 208 g/mol. The largest absolute Gasteiger partial charge is 0.387 e. The highest BCUT2D eigenvalue weighted by Gasteiger charge is 2.21. The van der Waals surface area contributed by atoms with Crippen molar-refractivity contribution in [2.75, 3.05) is 13.1 Å². The molecule has 0 spiro atoms. The van der Waals surface area contributed by atoms with Gasteiger partial charge in [0.1, 0.15) is 6.26 Å². The fraction of sp³-hybridized carbons (Fsp3) is 0.600. The minimum Gasteiger partial charge on any atom is -0.387 e. The van der Waals surface area contributed by atoms with E-state index >= 15 is 0 Å². The molecule has 0 aromatic carbocycles. The summed E-state index contributed by atoms with van der Waals surface area (Å²) in [4.78, 5) is 2.32. The van der Waals surface area contributed by atoms with Gasteiger partial charge in [0.05, 0.1) is 11.5 Å². The molecule has 5 heteroatoms. The van der Waals surface area contributed by atoms with Crippen molar-refractivity contribution in [3.63, 3.8) is 0 Å². The van der Waals surface area contributed by atoms with Gasteiger partial charge in [-0.15, -0.1) is 0 Å². The minimum atomic E-state index is 0.276. The molecule has 1 saturated heterocycles. The molecule has 1 aliphatic rings. The number of nitrogens with zero attached hydrogens (tertiary/aromatic N) is 2. The molecule has 0 atom stereocenters. The van der Waals surface area contributed by atoms with E-state index in [0.717, 1.165) is 38.2 Å². The number of hydrogen-bond acceptors (Lipinski definition) is 4. The van der Waals surface area contributed by atoms with Crippen LogP contribution >= 0.6 is 0 Å². The summed E-state index contributed by atoms with van der Waals surface area (Å²) in [6.07, 6.45) is 3.55. The summed E-state index contributed by atoms with van der Waals surface area (Å²) < 4.78 is 4.78. The van der Waals surface area contributed by atoms with Crippen molar-refractivity contribution in [3.8, 4) is 0 Å². The molecule has 0 aliphatic carbocycles. The van der Waals surface area contributed by atoms with Crippen LogP contribution in [0.15, 0.2) is 16.9 Å². The monoisotopic (exact) mass is 208 g/mol. The lowest BCUT2D eigenvalue weighted by molar-refractivity contribution is 0.196. The third-order valence-corrected chi connectivity index (χ3v) is 2.90. The maximum Gasteiger partial charge on any atom is 0.124 e. The number of hydrogen-bond donors (Lipinski definition) is 2. The summed E-state index contributed by atoms with van der Waals surface area (Å²) in [6.45, 7) is 2.80. The van der Waals surface area contributed by atoms with Crippen molar-refractivity contribution >= 4 is 5.84 Å². The van der Waals surface area contributed by atoms with Crippen LogP contribution in [0.3, 0.4) is 0 Å². The lowest BCUT2D eigenvalue weighted by atomic mass is 9.96. The average Bonchev–Trinajstić information content (AvgIpc) is 2.71. The van der Waals surface area contributed by atoms with Crippen LogP contribution in [0, 0.1) is 11.3 Å². The molecule has 2 rings (SSSR count). The number of likely N-dealkylation sites (tertiary alicyclic amines) is 1. The molecule has 1 fully saturated rings. The molecule has 0 bridgehead atoms. The zero-order chi connectivity index (χ0) is 10.7. The van der Waals surface area contributed by atoms with Crippen LogP contribution in [0.4, 0.5) is 0 Å². The number of nitrogens with two attached hydrogens (primary N) is 1. The molecular formula is C10H16N4O. The summed E-state index contributed by atoms with van der Waals surface area (Å²) >= 11 is 0. The molecule has 0 radical (unpaired) electrons. The van der Waals surface area contributed by atoms with Crippen molar-refractivity contribution in [1.82, 2.24) is 10.1 Å². The zero-order valence-corrected chi connectivity index (χ0v) is 8.65. The van der Waals surface area contributed by atoms with Crippen molar-refractivity contribution in [2.24, 2.45) is 11.7 Å². The SMILES string of the molecule is N=C(N)C1CCN(Cc2ccon2)CC1. The Hall–Kier alpha value is -1.36. The standard InChI is InChI=1S/C10H16N4O/c11-10(12)8-1-4-14(5-2-8)7-9-3-6-15-13-9/h3,6,8H,1-2,4-5,7H2,(H3,11,12). The summed E-state index contributed by atoms with van der Waals surface area (Å²) in [5.41, 5.74) is 6.45. The first-order valence-electron chi connectivity index (χ1n) is 5.21. The Kier molecular flexibility index (Phi) is 3.01. The molecule has 0 unspecified atom stereocenters. The Morgan fingerprint density at radius 1 is 1.60 bits per heavy atom. The molecule has 1 aliphatic heterocycles. The summed E-state index contributed by atoms with van der Waals surface area (Å²) in [5.74, 6) is 0.606. The van der Waals surface area contributed by atoms with Crippen LogP contribution in [-0.4, -0.2) is 29.0 Å². The first-order valence-corrected chi connectivity index (χ1v) is 5.21. The summed E-state index contributed by atoms with van der Waals surface area (Å²) in [6, 6.07) is 1.89. The predicted octanol–water partition coefficient (Wildman–Crippen LogP) is 0.823. The van der Waals surface area contributed by atoms with Crippen molar-refractivity contribution in [2.45, 2.75) is 19.4 Å². The molecule has 1 aromatic heterocycles. The quantitative estimate of drug-likeness (QED) is 0.569. The fourth-order valence-corrected chi connectivity index (χ4v) is 1.95. The zero-order valence-electron chi connectivity index (χ0n) is 8.65. The van der Waals surface area contributed by atoms with Gasteiger partial charge in [-0.1, -0.05) is 5.16 Å². The Balaban J connectivity index is 1.81. The van der Waals surface area contributed by atoms with E-state index in [-0.39, 0.29) is 5.92 Å². The number of piperidine rings is 1. The molecule has 3 N–H and O–H groups in total. The van der Waals surface area contributed by atoms with E-state index in [1.165, 1.54) is 0 Å². The number of nitrogens with one attached hydrogen (secondary N) is 1. The van der Waals surface area contributed by atoms with Crippen LogP contribution in [0.1, 0.15) is 18.5 Å². The highest BCUT2D eigenvalue weighted by Crippen LogP contribution is 2.18. The van der Waals surface area contributed by atoms with Gasteiger partial charge in [-0.3, -0.25) is 10.3 Å². The molecule has 82 valence electrons. The van der Waals surface area contributed by atoms with Gasteiger partial charge in [0.25, 0.3) is 0 Å². The van der Waals surface area contributed by atoms with Gasteiger partial charge in [0.2, 0.25) is 0 Å². The van der Waals surface area contributed by atoms with E-state index in [1.54, 1.807) is 6.26 Å². The maximum atomic E-state index is 7.38. The lowest BCUT2D eigenvalue weighted by Gasteiger charge is -2.30. The summed E-state index contributed by atoms with van der Waals surface area (Å²) in [7, 11) is 0. The molecule has 15 heavy (non-hydrogen) atoms. The topological polar surface area (TPSA) is 79.1 Å². The molecular weight excluding hydrogens is 192 g/mol. The third kappa shape index (κ3) is 2.56. The van der Waals surface area contributed by atoms with Gasteiger partial charge in [-0.05, 0) is 25.9 Å². The second-order valence-corrected chi connectivity index (χ2v) is 4.00. The number of rotatable bonds is 3. The van der Waals surface area contributed by atoms with Crippen molar-refractivity contribution < 1.29 is 4.52 Å². The molecule has 5 nitrogen and oxygen atoms in total. The van der Waals surface area contributed by atoms with E-state index in [9.17, 15) is 0 Å². The Morgan fingerprint density at radius 2 is 2.33 bits per heavy atom. The van der Waals surface area contributed by atoms with E-state index in [4.69, 9.17) is 15.7 Å². The second kappa shape index (κ2) is 4.44. The third-order valence-electron chi connectivity index (χ3n) is 2.90. The van der Waals surface area contributed by atoms with Crippen LogP contribution in [0.5, 0.6) is 0 Å².